The Hall–Kier alpha value is -2.69. The van der Waals surface area contributed by atoms with E-state index < -0.39 is 4.92 Å². The summed E-state index contributed by atoms with van der Waals surface area (Å²) in [6.45, 7) is 2.44. The van der Waals surface area contributed by atoms with Gasteiger partial charge in [-0.15, -0.1) is 0 Å². The SMILES string of the molecule is CCN(C)C(=O)CNc1ccc([N+](=O)[O-])c(C#N)n1. The van der Waals surface area contributed by atoms with Crippen LogP contribution in [0.1, 0.15) is 12.6 Å². The average Bonchev–Trinajstić information content (AvgIpc) is 2.43. The van der Waals surface area contributed by atoms with E-state index >= 15 is 0 Å². The van der Waals surface area contributed by atoms with Crippen molar-refractivity contribution in [1.82, 2.24) is 9.88 Å². The number of anilines is 1. The van der Waals surface area contributed by atoms with E-state index in [4.69, 9.17) is 5.26 Å². The number of nitriles is 1. The molecule has 0 aliphatic rings. The maximum Gasteiger partial charge on any atom is 0.305 e. The zero-order valence-electron chi connectivity index (χ0n) is 10.6. The highest BCUT2D eigenvalue weighted by Gasteiger charge is 2.16. The number of hydrogen-bond donors (Lipinski definition) is 1. The van der Waals surface area contributed by atoms with Crippen LogP contribution in [-0.2, 0) is 4.79 Å². The molecule has 0 fully saturated rings. The van der Waals surface area contributed by atoms with E-state index in [0.29, 0.717) is 6.54 Å². The van der Waals surface area contributed by atoms with Crippen LogP contribution in [0.3, 0.4) is 0 Å². The minimum atomic E-state index is -0.675. The molecule has 0 spiro atoms. The molecule has 0 aliphatic carbocycles. The minimum Gasteiger partial charge on any atom is -0.361 e. The van der Waals surface area contributed by atoms with Crippen LogP contribution in [0.25, 0.3) is 0 Å². The molecule has 0 unspecified atom stereocenters. The van der Waals surface area contributed by atoms with Gasteiger partial charge in [-0.25, -0.2) is 4.98 Å². The van der Waals surface area contributed by atoms with Gasteiger partial charge in [0.15, 0.2) is 0 Å². The Labute approximate surface area is 109 Å². The Morgan fingerprint density at radius 1 is 1.63 bits per heavy atom. The first-order valence-electron chi connectivity index (χ1n) is 5.53. The number of aromatic nitrogens is 1. The largest absolute Gasteiger partial charge is 0.361 e. The zero-order valence-corrected chi connectivity index (χ0v) is 10.6. The fraction of sp³-hybridized carbons (Fsp3) is 0.364. The Morgan fingerprint density at radius 2 is 2.32 bits per heavy atom. The highest BCUT2D eigenvalue weighted by atomic mass is 16.6. The summed E-state index contributed by atoms with van der Waals surface area (Å²) in [6.07, 6.45) is 0. The Bertz CT molecular complexity index is 538. The predicted molar refractivity (Wildman–Crippen MR) is 67.4 cm³/mol. The number of nitro groups is 1. The number of nitrogens with zero attached hydrogens (tertiary/aromatic N) is 4. The van der Waals surface area contributed by atoms with Crippen LogP contribution in [0, 0.1) is 21.4 Å². The lowest BCUT2D eigenvalue weighted by Gasteiger charge is -2.14. The molecule has 8 heteroatoms. The van der Waals surface area contributed by atoms with E-state index in [-0.39, 0.29) is 29.7 Å². The van der Waals surface area contributed by atoms with E-state index in [1.54, 1.807) is 13.1 Å². The van der Waals surface area contributed by atoms with Gasteiger partial charge in [-0.1, -0.05) is 0 Å². The molecule has 1 aromatic rings. The number of hydrogen-bond acceptors (Lipinski definition) is 6. The number of carbonyl (C=O) groups excluding carboxylic acids is 1. The molecular formula is C11H13N5O3. The van der Waals surface area contributed by atoms with Gasteiger partial charge in [0, 0.05) is 19.7 Å². The maximum atomic E-state index is 11.5. The smallest absolute Gasteiger partial charge is 0.305 e. The highest BCUT2D eigenvalue weighted by molar-refractivity contribution is 5.80. The monoisotopic (exact) mass is 263 g/mol. The zero-order chi connectivity index (χ0) is 14.4. The van der Waals surface area contributed by atoms with Gasteiger partial charge in [-0.05, 0) is 13.0 Å². The predicted octanol–water partition coefficient (Wildman–Crippen LogP) is 0.752. The number of likely N-dealkylation sites (N-methyl/N-ethyl adjacent to an activating group) is 1. The van der Waals surface area contributed by atoms with Crippen molar-refractivity contribution in [2.45, 2.75) is 6.92 Å². The van der Waals surface area contributed by atoms with Crippen LogP contribution in [0.2, 0.25) is 0 Å². The third-order valence-electron chi connectivity index (χ3n) is 2.50. The fourth-order valence-electron chi connectivity index (χ4n) is 1.26. The fourth-order valence-corrected chi connectivity index (χ4v) is 1.26. The molecular weight excluding hydrogens is 250 g/mol. The molecule has 0 saturated heterocycles. The van der Waals surface area contributed by atoms with E-state index in [2.05, 4.69) is 10.3 Å². The van der Waals surface area contributed by atoms with E-state index in [0.717, 1.165) is 0 Å². The molecule has 0 radical (unpaired) electrons. The molecule has 0 aliphatic heterocycles. The van der Waals surface area contributed by atoms with Crippen LogP contribution in [0.15, 0.2) is 12.1 Å². The second-order valence-corrected chi connectivity index (χ2v) is 3.69. The Balaban J connectivity index is 2.79. The molecule has 8 nitrogen and oxygen atoms in total. The van der Waals surface area contributed by atoms with Gasteiger partial charge in [-0.2, -0.15) is 5.26 Å². The second kappa shape index (κ2) is 6.30. The maximum absolute atomic E-state index is 11.5. The summed E-state index contributed by atoms with van der Waals surface area (Å²) < 4.78 is 0. The van der Waals surface area contributed by atoms with Crippen LogP contribution in [0.4, 0.5) is 11.5 Å². The summed E-state index contributed by atoms with van der Waals surface area (Å²) in [5.74, 6) is 0.112. The number of rotatable bonds is 5. The number of nitrogens with one attached hydrogen (secondary N) is 1. The van der Waals surface area contributed by atoms with Crippen molar-refractivity contribution in [3.05, 3.63) is 27.9 Å². The molecule has 1 rings (SSSR count). The lowest BCUT2D eigenvalue weighted by atomic mass is 10.3. The third-order valence-corrected chi connectivity index (χ3v) is 2.50. The summed E-state index contributed by atoms with van der Waals surface area (Å²) in [4.78, 5) is 26.8. The van der Waals surface area contributed by atoms with Crippen LogP contribution in [-0.4, -0.2) is 40.9 Å². The molecule has 1 aromatic heterocycles. The van der Waals surface area contributed by atoms with Crippen molar-refractivity contribution in [3.63, 3.8) is 0 Å². The van der Waals surface area contributed by atoms with Gasteiger partial charge >= 0.3 is 5.69 Å². The summed E-state index contributed by atoms with van der Waals surface area (Å²) in [6, 6.07) is 4.19. The van der Waals surface area contributed by atoms with Gasteiger partial charge in [0.05, 0.1) is 11.5 Å². The van der Waals surface area contributed by atoms with Gasteiger partial charge in [0.25, 0.3) is 0 Å². The summed E-state index contributed by atoms with van der Waals surface area (Å²) in [5.41, 5.74) is -0.642. The summed E-state index contributed by atoms with van der Waals surface area (Å²) in [7, 11) is 1.66. The standard InChI is InChI=1S/C11H13N5O3/c1-3-15(2)11(17)7-13-10-5-4-9(16(18)19)8(6-12)14-10/h4-5H,3,7H2,1-2H3,(H,13,14). The molecule has 1 N–H and O–H groups in total. The molecule has 0 saturated carbocycles. The first-order chi connectivity index (χ1) is 8.99. The van der Waals surface area contributed by atoms with Gasteiger partial charge in [-0.3, -0.25) is 14.9 Å². The van der Waals surface area contributed by atoms with Gasteiger partial charge < -0.3 is 10.2 Å². The number of pyridine rings is 1. The third kappa shape index (κ3) is 3.64. The average molecular weight is 263 g/mol. The summed E-state index contributed by atoms with van der Waals surface area (Å²) >= 11 is 0. The van der Waals surface area contributed by atoms with Crippen LogP contribution >= 0.6 is 0 Å². The highest BCUT2D eigenvalue weighted by Crippen LogP contribution is 2.17. The lowest BCUT2D eigenvalue weighted by Crippen LogP contribution is -2.32. The molecule has 19 heavy (non-hydrogen) atoms. The van der Waals surface area contributed by atoms with Crippen LogP contribution < -0.4 is 5.32 Å². The normalized spacial score (nSPS) is 9.53. The van der Waals surface area contributed by atoms with E-state index in [9.17, 15) is 14.9 Å². The van der Waals surface area contributed by atoms with Gasteiger partial charge in [0.2, 0.25) is 11.6 Å². The lowest BCUT2D eigenvalue weighted by molar-refractivity contribution is -0.385. The quantitative estimate of drug-likeness (QED) is 0.619. The number of amides is 1. The van der Waals surface area contributed by atoms with Gasteiger partial charge in [0.1, 0.15) is 11.9 Å². The molecule has 1 amide bonds. The molecule has 0 atom stereocenters. The van der Waals surface area contributed by atoms with Crippen molar-refractivity contribution in [1.29, 1.82) is 5.26 Å². The van der Waals surface area contributed by atoms with E-state index in [1.807, 2.05) is 6.92 Å². The van der Waals surface area contributed by atoms with Crippen molar-refractivity contribution in [2.75, 3.05) is 25.5 Å². The Morgan fingerprint density at radius 3 is 2.84 bits per heavy atom. The molecule has 100 valence electrons. The van der Waals surface area contributed by atoms with Crippen molar-refractivity contribution >= 4 is 17.4 Å². The first kappa shape index (κ1) is 14.4. The molecule has 1 heterocycles. The second-order valence-electron chi connectivity index (χ2n) is 3.69. The first-order valence-corrected chi connectivity index (χ1v) is 5.53. The minimum absolute atomic E-state index is 0.0139. The summed E-state index contributed by atoms with van der Waals surface area (Å²) in [5, 5.41) is 22.1. The topological polar surface area (TPSA) is 112 Å². The Kier molecular flexibility index (Phi) is 4.76. The van der Waals surface area contributed by atoms with E-state index in [1.165, 1.54) is 17.0 Å². The molecule has 0 bridgehead atoms. The van der Waals surface area contributed by atoms with Crippen molar-refractivity contribution in [3.8, 4) is 6.07 Å². The van der Waals surface area contributed by atoms with Crippen LogP contribution in [0.5, 0.6) is 0 Å². The number of carbonyl (C=O) groups is 1. The molecule has 0 aromatic carbocycles. The van der Waals surface area contributed by atoms with Crippen molar-refractivity contribution < 1.29 is 9.72 Å². The van der Waals surface area contributed by atoms with Crippen molar-refractivity contribution in [2.24, 2.45) is 0 Å².